The molecule has 1 heterocycles. The van der Waals surface area contributed by atoms with Gasteiger partial charge in [0.15, 0.2) is 5.16 Å². The first kappa shape index (κ1) is 11.3. The Balaban J connectivity index is 2.37. The van der Waals surface area contributed by atoms with Gasteiger partial charge in [-0.25, -0.2) is 4.98 Å². The predicted octanol–water partition coefficient (Wildman–Crippen LogP) is 1.03. The number of nitrogens with zero attached hydrogens (tertiary/aromatic N) is 2. The standard InChI is InChI=1S/C11H15N3OS/c1-14-10-6-3-2-5-9(10)13-11(14)16(15)8-4-7-12/h2-3,5-6H,4,7-8,12H2,1H3. The molecule has 0 aliphatic heterocycles. The summed E-state index contributed by atoms with van der Waals surface area (Å²) in [4.78, 5) is 4.39. The van der Waals surface area contributed by atoms with Gasteiger partial charge in [0, 0.05) is 12.8 Å². The van der Waals surface area contributed by atoms with Crippen molar-refractivity contribution in [2.24, 2.45) is 12.8 Å². The van der Waals surface area contributed by atoms with Crippen LogP contribution < -0.4 is 5.73 Å². The van der Waals surface area contributed by atoms with E-state index >= 15 is 0 Å². The smallest absolute Gasteiger partial charge is 0.199 e. The van der Waals surface area contributed by atoms with Gasteiger partial charge in [0.05, 0.1) is 21.8 Å². The van der Waals surface area contributed by atoms with Gasteiger partial charge in [-0.3, -0.25) is 4.21 Å². The molecule has 86 valence electrons. The van der Waals surface area contributed by atoms with Crippen LogP contribution in [0.25, 0.3) is 11.0 Å². The Morgan fingerprint density at radius 1 is 1.44 bits per heavy atom. The molecule has 1 aromatic carbocycles. The second-order valence-corrected chi connectivity index (χ2v) is 5.10. The summed E-state index contributed by atoms with van der Waals surface area (Å²) in [6, 6.07) is 7.80. The van der Waals surface area contributed by atoms with E-state index in [0.717, 1.165) is 17.5 Å². The highest BCUT2D eigenvalue weighted by Crippen LogP contribution is 2.16. The van der Waals surface area contributed by atoms with Crippen molar-refractivity contribution in [2.75, 3.05) is 12.3 Å². The normalized spacial score (nSPS) is 13.1. The molecular weight excluding hydrogens is 222 g/mol. The van der Waals surface area contributed by atoms with Gasteiger partial charge in [0.25, 0.3) is 0 Å². The lowest BCUT2D eigenvalue weighted by molar-refractivity contribution is 0.665. The molecule has 1 unspecified atom stereocenters. The van der Waals surface area contributed by atoms with Crippen LogP contribution in [0.2, 0.25) is 0 Å². The van der Waals surface area contributed by atoms with Gasteiger partial charge in [-0.2, -0.15) is 0 Å². The molecule has 1 aromatic heterocycles. The molecule has 0 radical (unpaired) electrons. The third-order valence-electron chi connectivity index (χ3n) is 2.48. The lowest BCUT2D eigenvalue weighted by atomic mass is 10.3. The zero-order valence-corrected chi connectivity index (χ0v) is 10.0. The molecule has 0 saturated carbocycles. The quantitative estimate of drug-likeness (QED) is 0.864. The molecule has 1 atom stereocenters. The number of fused-ring (bicyclic) bond motifs is 1. The maximum absolute atomic E-state index is 12.0. The minimum absolute atomic E-state index is 0.565. The predicted molar refractivity (Wildman–Crippen MR) is 65.7 cm³/mol. The minimum atomic E-state index is -1.06. The molecule has 0 bridgehead atoms. The van der Waals surface area contributed by atoms with E-state index in [4.69, 9.17) is 5.73 Å². The highest BCUT2D eigenvalue weighted by molar-refractivity contribution is 7.84. The Morgan fingerprint density at radius 2 is 2.19 bits per heavy atom. The van der Waals surface area contributed by atoms with Crippen LogP contribution in [-0.4, -0.2) is 26.1 Å². The molecule has 4 nitrogen and oxygen atoms in total. The lowest BCUT2D eigenvalue weighted by Gasteiger charge is -2.01. The van der Waals surface area contributed by atoms with E-state index in [0.29, 0.717) is 17.5 Å². The summed E-state index contributed by atoms with van der Waals surface area (Å²) in [6.07, 6.45) is 0.760. The summed E-state index contributed by atoms with van der Waals surface area (Å²) in [5.41, 5.74) is 7.31. The van der Waals surface area contributed by atoms with Crippen LogP contribution in [0.15, 0.2) is 29.4 Å². The van der Waals surface area contributed by atoms with Crippen LogP contribution >= 0.6 is 0 Å². The van der Waals surface area contributed by atoms with E-state index in [1.165, 1.54) is 0 Å². The van der Waals surface area contributed by atoms with Crippen molar-refractivity contribution in [3.05, 3.63) is 24.3 Å². The van der Waals surface area contributed by atoms with Crippen molar-refractivity contribution in [3.63, 3.8) is 0 Å². The summed E-state index contributed by atoms with van der Waals surface area (Å²) < 4.78 is 13.9. The van der Waals surface area contributed by atoms with Gasteiger partial charge < -0.3 is 10.3 Å². The molecule has 0 saturated heterocycles. The fourth-order valence-corrected chi connectivity index (χ4v) is 2.85. The number of nitrogens with two attached hydrogens (primary N) is 1. The van der Waals surface area contributed by atoms with Crippen molar-refractivity contribution in [3.8, 4) is 0 Å². The van der Waals surface area contributed by atoms with Crippen molar-refractivity contribution >= 4 is 21.8 Å². The SMILES string of the molecule is Cn1c(S(=O)CCCN)nc2ccccc21. The fraction of sp³-hybridized carbons (Fsp3) is 0.364. The van der Waals surface area contributed by atoms with Crippen LogP contribution in [0.5, 0.6) is 0 Å². The maximum atomic E-state index is 12.0. The average Bonchev–Trinajstić information content (AvgIpc) is 2.64. The van der Waals surface area contributed by atoms with Crippen LogP contribution in [-0.2, 0) is 17.8 Å². The van der Waals surface area contributed by atoms with Gasteiger partial charge in [-0.05, 0) is 25.1 Å². The van der Waals surface area contributed by atoms with E-state index in [-0.39, 0.29) is 0 Å². The number of hydrogen-bond donors (Lipinski definition) is 1. The number of rotatable bonds is 4. The summed E-state index contributed by atoms with van der Waals surface area (Å²) in [5.74, 6) is 0.577. The number of imidazole rings is 1. The van der Waals surface area contributed by atoms with Crippen molar-refractivity contribution in [2.45, 2.75) is 11.6 Å². The van der Waals surface area contributed by atoms with Gasteiger partial charge in [0.1, 0.15) is 0 Å². The molecule has 16 heavy (non-hydrogen) atoms. The Labute approximate surface area is 96.9 Å². The first-order valence-corrected chi connectivity index (χ1v) is 6.56. The fourth-order valence-electron chi connectivity index (χ4n) is 1.63. The number of benzene rings is 1. The van der Waals surface area contributed by atoms with Crippen molar-refractivity contribution < 1.29 is 4.21 Å². The number of para-hydroxylation sites is 2. The van der Waals surface area contributed by atoms with E-state index in [1.807, 2.05) is 35.9 Å². The van der Waals surface area contributed by atoms with Gasteiger partial charge in [-0.1, -0.05) is 12.1 Å². The van der Waals surface area contributed by atoms with Gasteiger partial charge in [0.2, 0.25) is 0 Å². The Bertz CT molecular complexity index is 521. The second-order valence-electron chi connectivity index (χ2n) is 3.63. The molecule has 0 fully saturated rings. The molecule has 0 aliphatic carbocycles. The second kappa shape index (κ2) is 4.76. The van der Waals surface area contributed by atoms with Crippen LogP contribution in [0.4, 0.5) is 0 Å². The van der Waals surface area contributed by atoms with E-state index in [1.54, 1.807) is 0 Å². The molecule has 2 aromatic rings. The maximum Gasteiger partial charge on any atom is 0.199 e. The minimum Gasteiger partial charge on any atom is -0.330 e. The first-order valence-electron chi connectivity index (χ1n) is 5.24. The first-order chi connectivity index (χ1) is 7.74. The third-order valence-corrected chi connectivity index (χ3v) is 3.92. The van der Waals surface area contributed by atoms with E-state index in [9.17, 15) is 4.21 Å². The number of aryl methyl sites for hydroxylation is 1. The summed E-state index contributed by atoms with van der Waals surface area (Å²) in [7, 11) is 0.838. The largest absolute Gasteiger partial charge is 0.330 e. The highest BCUT2D eigenvalue weighted by Gasteiger charge is 2.12. The number of aromatic nitrogens is 2. The molecule has 2 N–H and O–H groups in total. The van der Waals surface area contributed by atoms with Crippen LogP contribution in [0, 0.1) is 0 Å². The Morgan fingerprint density at radius 3 is 2.88 bits per heavy atom. The summed E-state index contributed by atoms with van der Waals surface area (Å²) in [6.45, 7) is 0.565. The average molecular weight is 237 g/mol. The van der Waals surface area contributed by atoms with Gasteiger partial charge >= 0.3 is 0 Å². The van der Waals surface area contributed by atoms with Crippen molar-refractivity contribution in [1.82, 2.24) is 9.55 Å². The van der Waals surface area contributed by atoms with Crippen molar-refractivity contribution in [1.29, 1.82) is 0 Å². The molecule has 2 rings (SSSR count). The number of hydrogen-bond acceptors (Lipinski definition) is 3. The lowest BCUT2D eigenvalue weighted by Crippen LogP contribution is -2.09. The Kier molecular flexibility index (Phi) is 3.36. The molecular formula is C11H15N3OS. The summed E-state index contributed by atoms with van der Waals surface area (Å²) >= 11 is 0. The van der Waals surface area contributed by atoms with Gasteiger partial charge in [-0.15, -0.1) is 0 Å². The van der Waals surface area contributed by atoms with Crippen LogP contribution in [0.1, 0.15) is 6.42 Å². The monoisotopic (exact) mass is 237 g/mol. The van der Waals surface area contributed by atoms with E-state index < -0.39 is 10.8 Å². The zero-order valence-electron chi connectivity index (χ0n) is 9.22. The Hall–Kier alpha value is -1.20. The molecule has 0 aliphatic rings. The molecule has 5 heteroatoms. The van der Waals surface area contributed by atoms with E-state index in [2.05, 4.69) is 4.98 Å². The molecule has 0 spiro atoms. The summed E-state index contributed by atoms with van der Waals surface area (Å²) in [5, 5.41) is 0.634. The third kappa shape index (κ3) is 2.01. The molecule has 0 amide bonds. The zero-order chi connectivity index (χ0) is 11.5. The topological polar surface area (TPSA) is 60.9 Å². The van der Waals surface area contributed by atoms with Crippen LogP contribution in [0.3, 0.4) is 0 Å². The highest BCUT2D eigenvalue weighted by atomic mass is 32.2.